The molecule has 0 aliphatic heterocycles. The van der Waals surface area contributed by atoms with Gasteiger partial charge in [0.1, 0.15) is 26.9 Å². The third-order valence-corrected chi connectivity index (χ3v) is 5.67. The number of carboxylic acid groups (broad SMARTS) is 1. The Kier molecular flexibility index (Phi) is 9.43. The summed E-state index contributed by atoms with van der Waals surface area (Å²) in [7, 11) is -3.08. The van der Waals surface area contributed by atoms with E-state index in [0.717, 1.165) is 24.7 Å². The van der Waals surface area contributed by atoms with Gasteiger partial charge in [0, 0.05) is 17.6 Å². The minimum Gasteiger partial charge on any atom is -0.508 e. The Morgan fingerprint density at radius 1 is 1.10 bits per heavy atom. The Morgan fingerprint density at radius 2 is 1.76 bits per heavy atom. The molecule has 0 fully saturated rings. The standard InChI is InChI=1S/C22H32O6S/c1-15(2)8-7-9-16(3)11-12-18-19(23)14-17(20(21(18)24)22(25)26)10-5-6-13-29(4,27)28/h8,11,14,23-24H,5-7,9-10,12-13H2,1-4H3,(H,25,26)/b16-11+. The molecule has 162 valence electrons. The van der Waals surface area contributed by atoms with Crippen LogP contribution in [0.3, 0.4) is 0 Å². The van der Waals surface area contributed by atoms with Gasteiger partial charge in [-0.05, 0) is 70.9 Å². The fraction of sp³-hybridized carbons (Fsp3) is 0.500. The van der Waals surface area contributed by atoms with Crippen molar-refractivity contribution in [3.05, 3.63) is 46.1 Å². The van der Waals surface area contributed by atoms with E-state index in [-0.39, 0.29) is 35.5 Å². The molecule has 0 saturated heterocycles. The van der Waals surface area contributed by atoms with Crippen LogP contribution in [0.2, 0.25) is 0 Å². The SMILES string of the molecule is CC(C)=CCC/C(C)=C/Cc1c(O)cc(CCCCS(C)(=O)=O)c(C(=O)O)c1O. The molecule has 0 bridgehead atoms. The molecular weight excluding hydrogens is 392 g/mol. The van der Waals surface area contributed by atoms with E-state index in [9.17, 15) is 28.5 Å². The summed E-state index contributed by atoms with van der Waals surface area (Å²) in [5, 5.41) is 30.4. The van der Waals surface area contributed by atoms with Crippen LogP contribution in [0.15, 0.2) is 29.4 Å². The Morgan fingerprint density at radius 3 is 2.31 bits per heavy atom. The molecule has 7 heteroatoms. The highest BCUT2D eigenvalue weighted by molar-refractivity contribution is 7.90. The number of aryl methyl sites for hydroxylation is 1. The number of aromatic hydroxyl groups is 2. The highest BCUT2D eigenvalue weighted by Gasteiger charge is 2.21. The van der Waals surface area contributed by atoms with Gasteiger partial charge in [-0.1, -0.05) is 23.3 Å². The molecule has 0 radical (unpaired) electrons. The first-order valence-corrected chi connectivity index (χ1v) is 11.7. The lowest BCUT2D eigenvalue weighted by atomic mass is 9.95. The van der Waals surface area contributed by atoms with Crippen molar-refractivity contribution < 1.29 is 28.5 Å². The van der Waals surface area contributed by atoms with Crippen molar-refractivity contribution in [2.45, 2.75) is 59.3 Å². The molecule has 29 heavy (non-hydrogen) atoms. The van der Waals surface area contributed by atoms with E-state index in [4.69, 9.17) is 0 Å². The second-order valence-electron chi connectivity index (χ2n) is 7.72. The zero-order valence-electron chi connectivity index (χ0n) is 17.7. The van der Waals surface area contributed by atoms with Crippen molar-refractivity contribution >= 4 is 15.8 Å². The number of carboxylic acids is 1. The number of sulfone groups is 1. The first-order valence-electron chi connectivity index (χ1n) is 9.69. The molecule has 3 N–H and O–H groups in total. The van der Waals surface area contributed by atoms with Crippen LogP contribution in [0.1, 0.15) is 67.9 Å². The fourth-order valence-corrected chi connectivity index (χ4v) is 3.76. The summed E-state index contributed by atoms with van der Waals surface area (Å²) in [4.78, 5) is 11.7. The van der Waals surface area contributed by atoms with Crippen molar-refractivity contribution in [1.29, 1.82) is 0 Å². The first kappa shape index (κ1) is 24.8. The molecule has 0 aromatic heterocycles. The number of hydrogen-bond acceptors (Lipinski definition) is 5. The van der Waals surface area contributed by atoms with Gasteiger partial charge in [0.2, 0.25) is 0 Å². The summed E-state index contributed by atoms with van der Waals surface area (Å²) < 4.78 is 22.4. The molecule has 6 nitrogen and oxygen atoms in total. The van der Waals surface area contributed by atoms with Crippen LogP contribution in [0, 0.1) is 0 Å². The number of benzene rings is 1. The Hall–Kier alpha value is -2.28. The summed E-state index contributed by atoms with van der Waals surface area (Å²) in [6, 6.07) is 1.37. The van der Waals surface area contributed by atoms with Gasteiger partial charge in [-0.3, -0.25) is 0 Å². The quantitative estimate of drug-likeness (QED) is 0.359. The molecule has 0 saturated carbocycles. The molecular formula is C22H32O6S. The van der Waals surface area contributed by atoms with Gasteiger partial charge in [-0.25, -0.2) is 13.2 Å². The van der Waals surface area contributed by atoms with Crippen LogP contribution >= 0.6 is 0 Å². The second-order valence-corrected chi connectivity index (χ2v) is 9.98. The van der Waals surface area contributed by atoms with Crippen LogP contribution in [-0.4, -0.2) is 41.7 Å². The molecule has 0 aliphatic rings. The maximum atomic E-state index is 11.7. The maximum absolute atomic E-state index is 11.7. The Bertz CT molecular complexity index is 890. The number of allylic oxidation sites excluding steroid dienone is 4. The number of hydrogen-bond donors (Lipinski definition) is 3. The third kappa shape index (κ3) is 8.73. The van der Waals surface area contributed by atoms with E-state index < -0.39 is 21.6 Å². The topological polar surface area (TPSA) is 112 Å². The number of phenolic OH excluding ortho intramolecular Hbond substituents is 1. The molecule has 0 unspecified atom stereocenters. The average molecular weight is 425 g/mol. The third-order valence-electron chi connectivity index (χ3n) is 4.63. The number of phenols is 2. The first-order chi connectivity index (χ1) is 13.4. The molecule has 0 spiro atoms. The van der Waals surface area contributed by atoms with E-state index in [1.807, 2.05) is 26.8 Å². The number of rotatable bonds is 11. The van der Waals surface area contributed by atoms with E-state index in [1.54, 1.807) is 0 Å². The van der Waals surface area contributed by atoms with Gasteiger partial charge in [-0.2, -0.15) is 0 Å². The zero-order chi connectivity index (χ0) is 22.2. The van der Waals surface area contributed by atoms with E-state index in [1.165, 1.54) is 11.6 Å². The van der Waals surface area contributed by atoms with Crippen molar-refractivity contribution in [2.24, 2.45) is 0 Å². The zero-order valence-corrected chi connectivity index (χ0v) is 18.5. The van der Waals surface area contributed by atoms with Crippen LogP contribution in [-0.2, 0) is 22.7 Å². The maximum Gasteiger partial charge on any atom is 0.339 e. The summed E-state index contributed by atoms with van der Waals surface area (Å²) in [6.07, 6.45) is 8.22. The van der Waals surface area contributed by atoms with Gasteiger partial charge in [0.05, 0.1) is 0 Å². The van der Waals surface area contributed by atoms with E-state index in [2.05, 4.69) is 6.08 Å². The van der Waals surface area contributed by atoms with Crippen molar-refractivity contribution in [1.82, 2.24) is 0 Å². The normalized spacial score (nSPS) is 12.1. The molecule has 0 atom stereocenters. The van der Waals surface area contributed by atoms with Gasteiger partial charge in [0.25, 0.3) is 0 Å². The molecule has 0 aliphatic carbocycles. The smallest absolute Gasteiger partial charge is 0.339 e. The second kappa shape index (κ2) is 11.0. The fourth-order valence-electron chi connectivity index (χ4n) is 3.03. The van der Waals surface area contributed by atoms with Crippen molar-refractivity contribution in [3.8, 4) is 11.5 Å². The number of carbonyl (C=O) groups is 1. The molecule has 1 aromatic rings. The molecule has 0 heterocycles. The van der Waals surface area contributed by atoms with Crippen molar-refractivity contribution in [3.63, 3.8) is 0 Å². The van der Waals surface area contributed by atoms with Gasteiger partial charge < -0.3 is 15.3 Å². The lowest BCUT2D eigenvalue weighted by Crippen LogP contribution is -2.07. The predicted molar refractivity (Wildman–Crippen MR) is 116 cm³/mol. The number of unbranched alkanes of at least 4 members (excludes halogenated alkanes) is 1. The lowest BCUT2D eigenvalue weighted by molar-refractivity contribution is 0.0692. The monoisotopic (exact) mass is 424 g/mol. The minimum absolute atomic E-state index is 0.0161. The summed E-state index contributed by atoms with van der Waals surface area (Å²) in [5.41, 5.74) is 2.58. The summed E-state index contributed by atoms with van der Waals surface area (Å²) in [6.45, 7) is 6.03. The van der Waals surface area contributed by atoms with E-state index >= 15 is 0 Å². The number of aromatic carboxylic acids is 1. The van der Waals surface area contributed by atoms with Gasteiger partial charge in [0.15, 0.2) is 0 Å². The van der Waals surface area contributed by atoms with Crippen LogP contribution in [0.4, 0.5) is 0 Å². The average Bonchev–Trinajstić information content (AvgIpc) is 2.56. The molecule has 1 aromatic carbocycles. The highest BCUT2D eigenvalue weighted by atomic mass is 32.2. The summed E-state index contributed by atoms with van der Waals surface area (Å²) >= 11 is 0. The minimum atomic E-state index is -3.08. The van der Waals surface area contributed by atoms with Gasteiger partial charge in [-0.15, -0.1) is 0 Å². The lowest BCUT2D eigenvalue weighted by Gasteiger charge is -2.14. The highest BCUT2D eigenvalue weighted by Crippen LogP contribution is 2.35. The van der Waals surface area contributed by atoms with Crippen LogP contribution in [0.25, 0.3) is 0 Å². The summed E-state index contributed by atoms with van der Waals surface area (Å²) in [5.74, 6) is -1.84. The van der Waals surface area contributed by atoms with Gasteiger partial charge >= 0.3 is 5.97 Å². The Labute approximate surface area is 173 Å². The predicted octanol–water partition coefficient (Wildman–Crippen LogP) is 4.40. The van der Waals surface area contributed by atoms with Crippen LogP contribution in [0.5, 0.6) is 11.5 Å². The largest absolute Gasteiger partial charge is 0.508 e. The van der Waals surface area contributed by atoms with Crippen LogP contribution < -0.4 is 0 Å². The molecule has 0 amide bonds. The molecule has 1 rings (SSSR count). The van der Waals surface area contributed by atoms with Crippen molar-refractivity contribution in [2.75, 3.05) is 12.0 Å². The van der Waals surface area contributed by atoms with E-state index in [0.29, 0.717) is 18.4 Å². The Balaban J connectivity index is 3.00.